The van der Waals surface area contributed by atoms with Crippen molar-refractivity contribution in [3.8, 4) is 23.0 Å². The van der Waals surface area contributed by atoms with Crippen LogP contribution in [0.4, 0.5) is 0 Å². The molecule has 0 aliphatic heterocycles. The molecule has 34 heavy (non-hydrogen) atoms. The average Bonchev–Trinajstić information content (AvgIpc) is 2.88. The zero-order valence-corrected chi connectivity index (χ0v) is 20.6. The van der Waals surface area contributed by atoms with Crippen molar-refractivity contribution in [1.82, 2.24) is 0 Å². The predicted molar refractivity (Wildman–Crippen MR) is 134 cm³/mol. The van der Waals surface area contributed by atoms with Crippen LogP contribution in [0.25, 0.3) is 0 Å². The van der Waals surface area contributed by atoms with Crippen molar-refractivity contribution in [3.05, 3.63) is 47.5 Å². The third kappa shape index (κ3) is 9.86. The molecule has 2 rings (SSSR count). The Balaban J connectivity index is 1.44. The summed E-state index contributed by atoms with van der Waals surface area (Å²) in [6.45, 7) is 1.24. The highest BCUT2D eigenvalue weighted by atomic mass is 16.5. The first kappa shape index (κ1) is 27.2. The maximum atomic E-state index is 11.1. The smallest absolute Gasteiger partial charge is 0.161 e. The highest BCUT2D eigenvalue weighted by molar-refractivity contribution is 5.79. The molecule has 2 aromatic rings. The van der Waals surface area contributed by atoms with Crippen LogP contribution in [0.15, 0.2) is 36.4 Å². The van der Waals surface area contributed by atoms with Crippen LogP contribution in [0.5, 0.6) is 23.0 Å². The summed E-state index contributed by atoms with van der Waals surface area (Å²) in [6.07, 6.45) is 13.3. The van der Waals surface area contributed by atoms with E-state index < -0.39 is 0 Å². The van der Waals surface area contributed by atoms with Gasteiger partial charge in [0.15, 0.2) is 17.8 Å². The van der Waals surface area contributed by atoms with Gasteiger partial charge in [0, 0.05) is 11.6 Å². The van der Waals surface area contributed by atoms with Crippen LogP contribution < -0.4 is 18.9 Å². The maximum absolute atomic E-state index is 11.1. The van der Waals surface area contributed by atoms with Crippen molar-refractivity contribution in [3.63, 3.8) is 0 Å². The van der Waals surface area contributed by atoms with E-state index in [0.717, 1.165) is 38.3 Å². The molecule has 0 N–H and O–H groups in total. The van der Waals surface area contributed by atoms with Crippen molar-refractivity contribution < 1.29 is 28.5 Å². The SMILES string of the molecule is COc1ccc(C=O)c(OCCCCCCCCCCCCOc2cc(C=O)ccc2OC)c1. The number of aldehydes is 2. The minimum atomic E-state index is 0.555. The van der Waals surface area contributed by atoms with E-state index in [2.05, 4.69) is 0 Å². The molecule has 0 radical (unpaired) electrons. The normalized spacial score (nSPS) is 10.5. The number of methoxy groups -OCH3 is 2. The van der Waals surface area contributed by atoms with E-state index in [1.54, 1.807) is 50.6 Å². The molecule has 0 aliphatic carbocycles. The number of unbranched alkanes of at least 4 members (excludes halogenated alkanes) is 9. The first-order valence-corrected chi connectivity index (χ1v) is 12.2. The van der Waals surface area contributed by atoms with Crippen LogP contribution in [0.3, 0.4) is 0 Å². The highest BCUT2D eigenvalue weighted by Gasteiger charge is 2.06. The molecule has 0 spiro atoms. The number of carbonyl (C=O) groups excluding carboxylic acids is 2. The Hall–Kier alpha value is -3.02. The molecule has 0 aliphatic rings. The second kappa shape index (κ2) is 16.6. The van der Waals surface area contributed by atoms with E-state index in [0.29, 0.717) is 47.3 Å². The zero-order valence-electron chi connectivity index (χ0n) is 20.6. The van der Waals surface area contributed by atoms with Crippen LogP contribution >= 0.6 is 0 Å². The highest BCUT2D eigenvalue weighted by Crippen LogP contribution is 2.28. The topological polar surface area (TPSA) is 71.1 Å². The molecule has 186 valence electrons. The Labute approximate surface area is 203 Å². The van der Waals surface area contributed by atoms with E-state index in [1.165, 1.54) is 38.5 Å². The molecule has 2 aromatic carbocycles. The van der Waals surface area contributed by atoms with Gasteiger partial charge >= 0.3 is 0 Å². The van der Waals surface area contributed by atoms with Crippen LogP contribution in [0.2, 0.25) is 0 Å². The Morgan fingerprint density at radius 2 is 1.18 bits per heavy atom. The van der Waals surface area contributed by atoms with Gasteiger partial charge in [0.25, 0.3) is 0 Å². The van der Waals surface area contributed by atoms with E-state index >= 15 is 0 Å². The number of hydrogen-bond donors (Lipinski definition) is 0. The summed E-state index contributed by atoms with van der Waals surface area (Å²) >= 11 is 0. The number of hydrogen-bond acceptors (Lipinski definition) is 6. The lowest BCUT2D eigenvalue weighted by Crippen LogP contribution is -2.00. The molecule has 6 nitrogen and oxygen atoms in total. The standard InChI is InChI=1S/C28H38O6/c1-31-25-15-14-24(22-30)27(20-25)33-17-11-9-7-5-3-4-6-8-10-12-18-34-28-19-23(21-29)13-16-26(28)32-2/h13-16,19-22H,3-12,17-18H2,1-2H3. The van der Waals surface area contributed by atoms with Crippen molar-refractivity contribution >= 4 is 12.6 Å². The summed E-state index contributed by atoms with van der Waals surface area (Å²) in [7, 11) is 3.20. The number of carbonyl (C=O) groups is 2. The largest absolute Gasteiger partial charge is 0.497 e. The quantitative estimate of drug-likeness (QED) is 0.168. The Bertz CT molecular complexity index is 864. The summed E-state index contributed by atoms with van der Waals surface area (Å²) in [5.74, 6) is 2.57. The van der Waals surface area contributed by atoms with E-state index in [1.807, 2.05) is 0 Å². The minimum absolute atomic E-state index is 0.555. The minimum Gasteiger partial charge on any atom is -0.497 e. The number of benzene rings is 2. The Morgan fingerprint density at radius 1 is 0.588 bits per heavy atom. The summed E-state index contributed by atoms with van der Waals surface area (Å²) in [5, 5.41) is 0. The fourth-order valence-corrected chi connectivity index (χ4v) is 3.73. The lowest BCUT2D eigenvalue weighted by molar-refractivity contribution is 0.111. The fraction of sp³-hybridized carbons (Fsp3) is 0.500. The molecular weight excluding hydrogens is 432 g/mol. The molecular formula is C28H38O6. The molecule has 6 heteroatoms. The van der Waals surface area contributed by atoms with Crippen molar-refractivity contribution in [2.24, 2.45) is 0 Å². The first-order chi connectivity index (χ1) is 16.7. The third-order valence-electron chi connectivity index (χ3n) is 5.73. The Kier molecular flexibility index (Phi) is 13.3. The molecule has 0 heterocycles. The lowest BCUT2D eigenvalue weighted by Gasteiger charge is -2.11. The second-order valence-electron chi connectivity index (χ2n) is 8.28. The average molecular weight is 471 g/mol. The first-order valence-electron chi connectivity index (χ1n) is 12.2. The summed E-state index contributed by atoms with van der Waals surface area (Å²) in [6, 6.07) is 10.4. The van der Waals surface area contributed by atoms with Gasteiger partial charge in [0.2, 0.25) is 0 Å². The molecule has 0 atom stereocenters. The van der Waals surface area contributed by atoms with Gasteiger partial charge in [-0.25, -0.2) is 0 Å². The summed E-state index contributed by atoms with van der Waals surface area (Å²) < 4.78 is 22.0. The third-order valence-corrected chi connectivity index (χ3v) is 5.73. The monoisotopic (exact) mass is 470 g/mol. The van der Waals surface area contributed by atoms with Crippen LogP contribution in [0.1, 0.15) is 84.9 Å². The second-order valence-corrected chi connectivity index (χ2v) is 8.28. The summed E-state index contributed by atoms with van der Waals surface area (Å²) in [5.41, 5.74) is 1.14. The van der Waals surface area contributed by atoms with Gasteiger partial charge < -0.3 is 18.9 Å². The van der Waals surface area contributed by atoms with Gasteiger partial charge in [0.1, 0.15) is 17.8 Å². The van der Waals surface area contributed by atoms with Crippen molar-refractivity contribution in [2.75, 3.05) is 27.4 Å². The fourth-order valence-electron chi connectivity index (χ4n) is 3.73. The number of rotatable bonds is 19. The lowest BCUT2D eigenvalue weighted by atomic mass is 10.1. The van der Waals surface area contributed by atoms with Crippen LogP contribution in [-0.2, 0) is 0 Å². The van der Waals surface area contributed by atoms with Gasteiger partial charge in [0.05, 0.1) is 33.0 Å². The molecule has 0 amide bonds. The molecule has 0 saturated carbocycles. The van der Waals surface area contributed by atoms with Gasteiger partial charge in [-0.2, -0.15) is 0 Å². The summed E-state index contributed by atoms with van der Waals surface area (Å²) in [4.78, 5) is 22.0. The Morgan fingerprint density at radius 3 is 1.71 bits per heavy atom. The van der Waals surface area contributed by atoms with Crippen LogP contribution in [-0.4, -0.2) is 40.0 Å². The molecule has 0 bridgehead atoms. The van der Waals surface area contributed by atoms with Crippen molar-refractivity contribution in [2.45, 2.75) is 64.2 Å². The van der Waals surface area contributed by atoms with Crippen molar-refractivity contribution in [1.29, 1.82) is 0 Å². The van der Waals surface area contributed by atoms with Gasteiger partial charge in [-0.05, 0) is 43.2 Å². The number of ether oxygens (including phenoxy) is 4. The molecule has 0 aromatic heterocycles. The van der Waals surface area contributed by atoms with E-state index in [-0.39, 0.29) is 0 Å². The zero-order chi connectivity index (χ0) is 24.4. The van der Waals surface area contributed by atoms with Gasteiger partial charge in [-0.1, -0.05) is 51.4 Å². The molecule has 0 fully saturated rings. The molecule has 0 saturated heterocycles. The maximum Gasteiger partial charge on any atom is 0.161 e. The van der Waals surface area contributed by atoms with Gasteiger partial charge in [-0.15, -0.1) is 0 Å². The molecule has 0 unspecified atom stereocenters. The van der Waals surface area contributed by atoms with Gasteiger partial charge in [-0.3, -0.25) is 9.59 Å². The van der Waals surface area contributed by atoms with E-state index in [9.17, 15) is 9.59 Å². The predicted octanol–water partition coefficient (Wildman–Crippen LogP) is 6.69. The van der Waals surface area contributed by atoms with E-state index in [4.69, 9.17) is 18.9 Å². The van der Waals surface area contributed by atoms with Crippen LogP contribution in [0, 0.1) is 0 Å².